The van der Waals surface area contributed by atoms with Crippen molar-refractivity contribution in [2.75, 3.05) is 6.16 Å². The SMILES string of the molecule is CCCCCCP(c1ccccc1CCCC)c1ccccc1CCCC. The molecule has 2 aromatic carbocycles. The summed E-state index contributed by atoms with van der Waals surface area (Å²) in [6.45, 7) is 6.91. The lowest BCUT2D eigenvalue weighted by molar-refractivity contribution is 0.705. The zero-order valence-corrected chi connectivity index (χ0v) is 18.7. The van der Waals surface area contributed by atoms with Crippen LogP contribution in [0.4, 0.5) is 0 Å². The molecule has 2 rings (SSSR count). The second-order valence-corrected chi connectivity index (χ2v) is 9.94. The second kappa shape index (κ2) is 13.1. The van der Waals surface area contributed by atoms with Crippen LogP contribution in [-0.2, 0) is 12.8 Å². The van der Waals surface area contributed by atoms with Crippen LogP contribution in [0.2, 0.25) is 0 Å². The van der Waals surface area contributed by atoms with Gasteiger partial charge in [0.25, 0.3) is 0 Å². The molecule has 0 bridgehead atoms. The van der Waals surface area contributed by atoms with Crippen molar-refractivity contribution in [1.29, 1.82) is 0 Å². The maximum absolute atomic E-state index is 2.44. The molecule has 0 fully saturated rings. The first-order valence-electron chi connectivity index (χ1n) is 11.2. The molecule has 0 unspecified atom stereocenters. The standard InChI is InChI=1S/C26H39P/c1-4-7-10-15-22-27(25-20-13-11-18-23(25)16-8-5-2)26-21-14-12-19-24(26)17-9-6-3/h11-14,18-21H,4-10,15-17,22H2,1-3H3. The third-order valence-electron chi connectivity index (χ3n) is 5.40. The molecular formula is C26H39P. The van der Waals surface area contributed by atoms with Gasteiger partial charge in [0, 0.05) is 0 Å². The summed E-state index contributed by atoms with van der Waals surface area (Å²) < 4.78 is 0. The number of aryl methyl sites for hydroxylation is 2. The van der Waals surface area contributed by atoms with Crippen molar-refractivity contribution in [3.63, 3.8) is 0 Å². The van der Waals surface area contributed by atoms with Gasteiger partial charge in [-0.2, -0.15) is 0 Å². The van der Waals surface area contributed by atoms with E-state index in [1.165, 1.54) is 70.4 Å². The first-order valence-corrected chi connectivity index (χ1v) is 12.8. The van der Waals surface area contributed by atoms with Gasteiger partial charge >= 0.3 is 0 Å². The van der Waals surface area contributed by atoms with Gasteiger partial charge in [-0.1, -0.05) is 101 Å². The Hall–Kier alpha value is -1.13. The highest BCUT2D eigenvalue weighted by molar-refractivity contribution is 7.73. The van der Waals surface area contributed by atoms with Crippen molar-refractivity contribution in [3.8, 4) is 0 Å². The summed E-state index contributed by atoms with van der Waals surface area (Å²) in [7, 11) is -0.242. The van der Waals surface area contributed by atoms with Gasteiger partial charge < -0.3 is 0 Å². The highest BCUT2D eigenvalue weighted by Gasteiger charge is 2.19. The van der Waals surface area contributed by atoms with Crippen LogP contribution < -0.4 is 10.6 Å². The quantitative estimate of drug-likeness (QED) is 0.250. The van der Waals surface area contributed by atoms with E-state index in [1.54, 1.807) is 21.7 Å². The molecule has 1 heteroatoms. The monoisotopic (exact) mass is 382 g/mol. The van der Waals surface area contributed by atoms with Crippen LogP contribution in [0.25, 0.3) is 0 Å². The maximum atomic E-state index is 2.44. The third kappa shape index (κ3) is 7.08. The topological polar surface area (TPSA) is 0 Å². The predicted octanol–water partition coefficient (Wildman–Crippen LogP) is 7.38. The van der Waals surface area contributed by atoms with Gasteiger partial charge in [0.05, 0.1) is 0 Å². The van der Waals surface area contributed by atoms with E-state index in [-0.39, 0.29) is 7.92 Å². The first-order chi connectivity index (χ1) is 13.3. The third-order valence-corrected chi connectivity index (χ3v) is 8.20. The minimum Gasteiger partial charge on any atom is -0.0654 e. The van der Waals surface area contributed by atoms with Gasteiger partial charge in [-0.25, -0.2) is 0 Å². The minimum atomic E-state index is -0.242. The van der Waals surface area contributed by atoms with E-state index in [4.69, 9.17) is 0 Å². The van der Waals surface area contributed by atoms with E-state index in [2.05, 4.69) is 69.3 Å². The molecule has 0 amide bonds. The summed E-state index contributed by atoms with van der Waals surface area (Å²) in [5.74, 6) is 0. The lowest BCUT2D eigenvalue weighted by atomic mass is 10.1. The Labute approximate surface area is 169 Å². The summed E-state index contributed by atoms with van der Waals surface area (Å²) in [6.07, 6.45) is 14.4. The average molecular weight is 383 g/mol. The van der Waals surface area contributed by atoms with E-state index in [0.717, 1.165) is 0 Å². The fourth-order valence-electron chi connectivity index (χ4n) is 3.77. The number of hydrogen-bond acceptors (Lipinski definition) is 0. The van der Waals surface area contributed by atoms with Gasteiger partial charge in [-0.3, -0.25) is 0 Å². The van der Waals surface area contributed by atoms with Crippen molar-refractivity contribution < 1.29 is 0 Å². The van der Waals surface area contributed by atoms with Gasteiger partial charge in [0.2, 0.25) is 0 Å². The molecule has 27 heavy (non-hydrogen) atoms. The van der Waals surface area contributed by atoms with Crippen molar-refractivity contribution >= 4 is 18.5 Å². The first kappa shape index (κ1) is 22.2. The Balaban J connectivity index is 2.35. The molecule has 0 nitrogen and oxygen atoms in total. The lowest BCUT2D eigenvalue weighted by Crippen LogP contribution is -2.21. The second-order valence-electron chi connectivity index (χ2n) is 7.68. The summed E-state index contributed by atoms with van der Waals surface area (Å²) in [5, 5.41) is 3.31. The zero-order valence-electron chi connectivity index (χ0n) is 17.8. The Bertz CT molecular complexity index is 595. The molecule has 0 heterocycles. The number of benzene rings is 2. The summed E-state index contributed by atoms with van der Waals surface area (Å²) in [5.41, 5.74) is 3.21. The van der Waals surface area contributed by atoms with E-state index < -0.39 is 0 Å². The van der Waals surface area contributed by atoms with Gasteiger partial charge in [0.15, 0.2) is 0 Å². The normalized spacial score (nSPS) is 11.3. The van der Waals surface area contributed by atoms with E-state index >= 15 is 0 Å². The fourth-order valence-corrected chi connectivity index (χ4v) is 6.65. The van der Waals surface area contributed by atoms with Crippen LogP contribution >= 0.6 is 7.92 Å². The molecule has 0 aromatic heterocycles. The van der Waals surface area contributed by atoms with Crippen molar-refractivity contribution in [2.45, 2.75) is 85.0 Å². The van der Waals surface area contributed by atoms with Crippen LogP contribution in [0.15, 0.2) is 48.5 Å². The van der Waals surface area contributed by atoms with E-state index in [1.807, 2.05) is 0 Å². The molecule has 0 radical (unpaired) electrons. The Morgan fingerprint density at radius 3 is 1.52 bits per heavy atom. The molecule has 0 saturated carbocycles. The van der Waals surface area contributed by atoms with Crippen LogP contribution in [0.1, 0.15) is 83.3 Å². The van der Waals surface area contributed by atoms with Crippen LogP contribution in [0.5, 0.6) is 0 Å². The molecule has 0 atom stereocenters. The summed E-state index contributed by atoms with van der Waals surface area (Å²) in [4.78, 5) is 0. The van der Waals surface area contributed by atoms with Crippen LogP contribution in [0.3, 0.4) is 0 Å². The zero-order chi connectivity index (χ0) is 19.3. The van der Waals surface area contributed by atoms with Crippen molar-refractivity contribution in [3.05, 3.63) is 59.7 Å². The van der Waals surface area contributed by atoms with Gasteiger partial charge in [-0.15, -0.1) is 0 Å². The number of unbranched alkanes of at least 4 members (excludes halogenated alkanes) is 5. The largest absolute Gasteiger partial charge is 0.0654 e. The Morgan fingerprint density at radius 1 is 0.556 bits per heavy atom. The Kier molecular flexibility index (Phi) is 10.8. The van der Waals surface area contributed by atoms with E-state index in [9.17, 15) is 0 Å². The lowest BCUT2D eigenvalue weighted by Gasteiger charge is -2.24. The van der Waals surface area contributed by atoms with Crippen LogP contribution in [0, 0.1) is 0 Å². The number of hydrogen-bond donors (Lipinski definition) is 0. The predicted molar refractivity (Wildman–Crippen MR) is 125 cm³/mol. The molecule has 0 spiro atoms. The molecule has 0 aliphatic heterocycles. The summed E-state index contributed by atoms with van der Waals surface area (Å²) >= 11 is 0. The highest BCUT2D eigenvalue weighted by Crippen LogP contribution is 2.38. The van der Waals surface area contributed by atoms with E-state index in [0.29, 0.717) is 0 Å². The van der Waals surface area contributed by atoms with Gasteiger partial charge in [-0.05, 0) is 67.9 Å². The van der Waals surface area contributed by atoms with Crippen LogP contribution in [-0.4, -0.2) is 6.16 Å². The Morgan fingerprint density at radius 2 is 1.04 bits per heavy atom. The smallest absolute Gasteiger partial charge is 0.0163 e. The average Bonchev–Trinajstić information content (AvgIpc) is 2.71. The molecular weight excluding hydrogens is 343 g/mol. The highest BCUT2D eigenvalue weighted by atomic mass is 31.1. The minimum absolute atomic E-state index is 0.242. The van der Waals surface area contributed by atoms with Crippen molar-refractivity contribution in [1.82, 2.24) is 0 Å². The molecule has 2 aromatic rings. The molecule has 0 saturated heterocycles. The summed E-state index contributed by atoms with van der Waals surface area (Å²) in [6, 6.07) is 18.7. The molecule has 0 N–H and O–H groups in total. The molecule has 148 valence electrons. The molecule has 0 aliphatic carbocycles. The number of rotatable bonds is 13. The maximum Gasteiger partial charge on any atom is -0.0163 e. The molecule has 0 aliphatic rings. The van der Waals surface area contributed by atoms with Gasteiger partial charge in [0.1, 0.15) is 0 Å². The van der Waals surface area contributed by atoms with Crippen molar-refractivity contribution in [2.24, 2.45) is 0 Å². The fraction of sp³-hybridized carbons (Fsp3) is 0.538.